The molecule has 1 aliphatic rings. The van der Waals surface area contributed by atoms with Crippen LogP contribution in [0.5, 0.6) is 0 Å². The molecule has 1 amide bonds. The highest BCUT2D eigenvalue weighted by atomic mass is 16.5. The molecule has 1 aromatic rings. The second-order valence-electron chi connectivity index (χ2n) is 5.88. The molecule has 0 unspecified atom stereocenters. The van der Waals surface area contributed by atoms with E-state index in [-0.39, 0.29) is 0 Å². The van der Waals surface area contributed by atoms with Gasteiger partial charge in [0.15, 0.2) is 0 Å². The Morgan fingerprint density at radius 1 is 1.14 bits per heavy atom. The normalized spacial score (nSPS) is 15.6. The lowest BCUT2D eigenvalue weighted by Gasteiger charge is -2.20. The smallest absolute Gasteiger partial charge is 0.428 e. The molecular formula is C18H26NO2. The number of hydrogen-bond donors (Lipinski definition) is 0. The Hall–Kier alpha value is -1.51. The summed E-state index contributed by atoms with van der Waals surface area (Å²) in [4.78, 5) is 11.5. The minimum Gasteiger partial charge on any atom is -0.448 e. The summed E-state index contributed by atoms with van der Waals surface area (Å²) in [6.07, 6.45) is 9.45. The second kappa shape index (κ2) is 9.43. The molecule has 21 heavy (non-hydrogen) atoms. The van der Waals surface area contributed by atoms with Gasteiger partial charge in [-0.25, -0.2) is 10.1 Å². The lowest BCUT2D eigenvalue weighted by atomic mass is 9.86. The van der Waals surface area contributed by atoms with Crippen molar-refractivity contribution in [3.8, 4) is 0 Å². The van der Waals surface area contributed by atoms with Crippen molar-refractivity contribution in [3.05, 3.63) is 35.9 Å². The molecule has 1 radical (unpaired) electrons. The molecule has 0 aliphatic heterocycles. The topological polar surface area (TPSA) is 40.4 Å². The lowest BCUT2D eigenvalue weighted by molar-refractivity contribution is 0.146. The standard InChI is InChI=1S/C18H26NO2/c20-18(21-15-13-17-10-5-2-6-11-17)19-14-7-12-16-8-3-1-4-9-16/h2,5-6,10-11,16H,1,3-4,7-9,12-15H2. The van der Waals surface area contributed by atoms with Gasteiger partial charge in [0, 0.05) is 13.0 Å². The maximum Gasteiger partial charge on any atom is 0.428 e. The largest absolute Gasteiger partial charge is 0.448 e. The third kappa shape index (κ3) is 6.65. The quantitative estimate of drug-likeness (QED) is 0.701. The van der Waals surface area contributed by atoms with Gasteiger partial charge in [-0.1, -0.05) is 62.4 Å². The Morgan fingerprint density at radius 2 is 1.90 bits per heavy atom. The first-order valence-corrected chi connectivity index (χ1v) is 8.23. The van der Waals surface area contributed by atoms with Crippen molar-refractivity contribution in [3.63, 3.8) is 0 Å². The minimum atomic E-state index is -0.408. The number of amides is 1. The average Bonchev–Trinajstić information content (AvgIpc) is 2.54. The van der Waals surface area contributed by atoms with Gasteiger partial charge in [0.1, 0.15) is 0 Å². The molecule has 0 bridgehead atoms. The van der Waals surface area contributed by atoms with Gasteiger partial charge in [0.25, 0.3) is 0 Å². The Labute approximate surface area is 128 Å². The summed E-state index contributed by atoms with van der Waals surface area (Å²) in [6, 6.07) is 10.0. The third-order valence-corrected chi connectivity index (χ3v) is 4.20. The summed E-state index contributed by atoms with van der Waals surface area (Å²) >= 11 is 0. The Bertz CT molecular complexity index is 399. The predicted molar refractivity (Wildman–Crippen MR) is 84.3 cm³/mol. The summed E-state index contributed by atoms with van der Waals surface area (Å²) in [5, 5.41) is 3.98. The van der Waals surface area contributed by atoms with Crippen LogP contribution in [0.25, 0.3) is 0 Å². The van der Waals surface area contributed by atoms with Crippen molar-refractivity contribution < 1.29 is 9.53 Å². The van der Waals surface area contributed by atoms with Crippen molar-refractivity contribution in [2.75, 3.05) is 13.2 Å². The van der Waals surface area contributed by atoms with E-state index in [1.165, 1.54) is 44.1 Å². The fourth-order valence-corrected chi connectivity index (χ4v) is 2.97. The van der Waals surface area contributed by atoms with Crippen LogP contribution in [0.2, 0.25) is 0 Å². The summed E-state index contributed by atoms with van der Waals surface area (Å²) < 4.78 is 5.13. The molecule has 0 saturated heterocycles. The molecular weight excluding hydrogens is 262 g/mol. The van der Waals surface area contributed by atoms with Crippen molar-refractivity contribution in [1.82, 2.24) is 5.32 Å². The zero-order valence-corrected chi connectivity index (χ0v) is 12.8. The van der Waals surface area contributed by atoms with E-state index in [2.05, 4.69) is 5.32 Å². The van der Waals surface area contributed by atoms with Gasteiger partial charge in [-0.3, -0.25) is 0 Å². The number of nitrogens with zero attached hydrogens (tertiary/aromatic N) is 1. The Kier molecular flexibility index (Phi) is 7.13. The lowest BCUT2D eigenvalue weighted by Crippen LogP contribution is -2.20. The predicted octanol–water partition coefficient (Wildman–Crippen LogP) is 4.33. The molecule has 1 aromatic carbocycles. The monoisotopic (exact) mass is 288 g/mol. The zero-order valence-electron chi connectivity index (χ0n) is 12.8. The van der Waals surface area contributed by atoms with E-state index in [1.807, 2.05) is 30.3 Å². The molecule has 115 valence electrons. The van der Waals surface area contributed by atoms with E-state index in [0.29, 0.717) is 13.2 Å². The number of ether oxygens (including phenoxy) is 1. The number of rotatable bonds is 7. The van der Waals surface area contributed by atoms with Crippen molar-refractivity contribution in [2.24, 2.45) is 5.92 Å². The molecule has 0 N–H and O–H groups in total. The van der Waals surface area contributed by atoms with E-state index in [0.717, 1.165) is 18.8 Å². The summed E-state index contributed by atoms with van der Waals surface area (Å²) in [6.45, 7) is 1.02. The Balaban J connectivity index is 1.47. The van der Waals surface area contributed by atoms with E-state index in [1.54, 1.807) is 0 Å². The second-order valence-corrected chi connectivity index (χ2v) is 5.88. The molecule has 3 nitrogen and oxygen atoms in total. The van der Waals surface area contributed by atoms with Crippen LogP contribution in [0, 0.1) is 5.92 Å². The van der Waals surface area contributed by atoms with Crippen LogP contribution >= 0.6 is 0 Å². The van der Waals surface area contributed by atoms with Crippen molar-refractivity contribution in [1.29, 1.82) is 0 Å². The van der Waals surface area contributed by atoms with E-state index >= 15 is 0 Å². The van der Waals surface area contributed by atoms with E-state index < -0.39 is 6.09 Å². The van der Waals surface area contributed by atoms with Crippen LogP contribution in [0.1, 0.15) is 50.5 Å². The van der Waals surface area contributed by atoms with Gasteiger partial charge >= 0.3 is 6.09 Å². The Morgan fingerprint density at radius 3 is 2.67 bits per heavy atom. The molecule has 0 atom stereocenters. The molecule has 1 saturated carbocycles. The number of carbonyl (C=O) groups is 1. The average molecular weight is 288 g/mol. The zero-order chi connectivity index (χ0) is 14.8. The van der Waals surface area contributed by atoms with Crippen LogP contribution in [0.15, 0.2) is 30.3 Å². The van der Waals surface area contributed by atoms with E-state index in [4.69, 9.17) is 4.74 Å². The van der Waals surface area contributed by atoms with Crippen molar-refractivity contribution in [2.45, 2.75) is 51.4 Å². The van der Waals surface area contributed by atoms with Crippen LogP contribution in [0.4, 0.5) is 4.79 Å². The minimum absolute atomic E-state index is 0.408. The molecule has 1 fully saturated rings. The number of hydrogen-bond acceptors (Lipinski definition) is 2. The van der Waals surface area contributed by atoms with Gasteiger partial charge in [-0.05, 0) is 24.3 Å². The molecule has 2 rings (SSSR count). The van der Waals surface area contributed by atoms with Crippen LogP contribution in [0.3, 0.4) is 0 Å². The first kappa shape index (κ1) is 15.9. The summed E-state index contributed by atoms with van der Waals surface area (Å²) in [5.74, 6) is 0.864. The summed E-state index contributed by atoms with van der Waals surface area (Å²) in [5.41, 5.74) is 1.18. The molecule has 3 heteroatoms. The van der Waals surface area contributed by atoms with Crippen LogP contribution in [-0.2, 0) is 11.2 Å². The first-order valence-electron chi connectivity index (χ1n) is 8.23. The molecule has 0 spiro atoms. The van der Waals surface area contributed by atoms with Gasteiger partial charge in [0.2, 0.25) is 0 Å². The number of benzene rings is 1. The fraction of sp³-hybridized carbons (Fsp3) is 0.611. The summed E-state index contributed by atoms with van der Waals surface area (Å²) in [7, 11) is 0. The molecule has 0 aromatic heterocycles. The molecule has 0 heterocycles. The highest BCUT2D eigenvalue weighted by Crippen LogP contribution is 2.26. The fourth-order valence-electron chi connectivity index (χ4n) is 2.97. The van der Waals surface area contributed by atoms with Crippen LogP contribution in [-0.4, -0.2) is 19.2 Å². The maximum absolute atomic E-state index is 11.5. The first-order chi connectivity index (χ1) is 10.3. The van der Waals surface area contributed by atoms with Crippen molar-refractivity contribution >= 4 is 6.09 Å². The number of carbonyl (C=O) groups excluding carboxylic acids is 1. The van der Waals surface area contributed by atoms with Gasteiger partial charge < -0.3 is 4.74 Å². The van der Waals surface area contributed by atoms with Gasteiger partial charge in [0.05, 0.1) is 6.61 Å². The molecule has 1 aliphatic carbocycles. The van der Waals surface area contributed by atoms with Gasteiger partial charge in [-0.2, -0.15) is 0 Å². The highest BCUT2D eigenvalue weighted by Gasteiger charge is 2.13. The van der Waals surface area contributed by atoms with Gasteiger partial charge in [-0.15, -0.1) is 0 Å². The maximum atomic E-state index is 11.5. The van der Waals surface area contributed by atoms with Crippen LogP contribution < -0.4 is 5.32 Å². The SMILES string of the molecule is O=C([N]CCCC1CCCCC1)OCCc1ccccc1. The highest BCUT2D eigenvalue weighted by molar-refractivity contribution is 5.66. The van der Waals surface area contributed by atoms with E-state index in [9.17, 15) is 4.79 Å². The third-order valence-electron chi connectivity index (χ3n) is 4.20.